The third kappa shape index (κ3) is 3.34. The predicted molar refractivity (Wildman–Crippen MR) is 80.3 cm³/mol. The van der Waals surface area contributed by atoms with Crippen LogP contribution in [0.1, 0.15) is 44.3 Å². The molecule has 0 radical (unpaired) electrons. The number of likely N-dealkylation sites (tertiary alicyclic amines) is 1. The summed E-state index contributed by atoms with van der Waals surface area (Å²) in [6.45, 7) is 1.05. The molecule has 1 saturated carbocycles. The number of carboxylic acid groups (broad SMARTS) is 1. The molecule has 1 aromatic rings. The van der Waals surface area contributed by atoms with Crippen LogP contribution < -0.4 is 0 Å². The van der Waals surface area contributed by atoms with Gasteiger partial charge >= 0.3 is 5.97 Å². The zero-order valence-corrected chi connectivity index (χ0v) is 12.8. The second-order valence-corrected chi connectivity index (χ2v) is 6.73. The summed E-state index contributed by atoms with van der Waals surface area (Å²) in [5, 5.41) is 9.69. The fourth-order valence-electron chi connectivity index (χ4n) is 3.49. The van der Waals surface area contributed by atoms with E-state index in [0.717, 1.165) is 31.4 Å². The summed E-state index contributed by atoms with van der Waals surface area (Å²) >= 11 is 0. The second-order valence-electron chi connectivity index (χ2n) is 6.73. The molecule has 0 spiro atoms. The van der Waals surface area contributed by atoms with E-state index in [1.165, 1.54) is 0 Å². The molecule has 5 heteroatoms. The largest absolute Gasteiger partial charge is 0.481 e. The van der Waals surface area contributed by atoms with Crippen LogP contribution in [0.3, 0.4) is 0 Å². The first-order valence-corrected chi connectivity index (χ1v) is 8.13. The molecule has 1 atom stereocenters. The van der Waals surface area contributed by atoms with Gasteiger partial charge in [0, 0.05) is 25.9 Å². The van der Waals surface area contributed by atoms with Gasteiger partial charge in [0.15, 0.2) is 0 Å². The maximum atomic E-state index is 12.4. The lowest BCUT2D eigenvalue weighted by Gasteiger charge is -2.40. The van der Waals surface area contributed by atoms with Gasteiger partial charge in [-0.15, -0.1) is 0 Å². The van der Waals surface area contributed by atoms with Crippen LogP contribution in [0, 0.1) is 11.3 Å². The van der Waals surface area contributed by atoms with Crippen LogP contribution in [0.15, 0.2) is 22.8 Å². The lowest BCUT2D eigenvalue weighted by Crippen LogP contribution is -2.50. The molecule has 1 aliphatic carbocycles. The van der Waals surface area contributed by atoms with Gasteiger partial charge in [0.1, 0.15) is 5.76 Å². The van der Waals surface area contributed by atoms with Gasteiger partial charge in [-0.05, 0) is 37.3 Å². The van der Waals surface area contributed by atoms with Gasteiger partial charge in [-0.2, -0.15) is 0 Å². The average Bonchev–Trinajstić information content (AvgIpc) is 3.16. The van der Waals surface area contributed by atoms with Crippen molar-refractivity contribution in [1.82, 2.24) is 4.90 Å². The molecule has 22 heavy (non-hydrogen) atoms. The number of piperidine rings is 1. The lowest BCUT2D eigenvalue weighted by atomic mass is 9.75. The average molecular weight is 305 g/mol. The molecule has 2 heterocycles. The molecule has 1 saturated heterocycles. The van der Waals surface area contributed by atoms with Crippen molar-refractivity contribution in [3.05, 3.63) is 24.2 Å². The van der Waals surface area contributed by atoms with E-state index in [9.17, 15) is 14.7 Å². The van der Waals surface area contributed by atoms with Gasteiger partial charge in [0.2, 0.25) is 5.91 Å². The Bertz CT molecular complexity index is 535. The van der Waals surface area contributed by atoms with Crippen LogP contribution in [-0.4, -0.2) is 35.0 Å². The predicted octanol–water partition coefficient (Wildman–Crippen LogP) is 2.71. The molecular formula is C17H23NO4. The molecule has 0 aromatic carbocycles. The fraction of sp³-hybridized carbons (Fsp3) is 0.647. The molecule has 5 nitrogen and oxygen atoms in total. The van der Waals surface area contributed by atoms with Crippen molar-refractivity contribution >= 4 is 11.9 Å². The standard InChI is InChI=1S/C17H23NO4/c19-15(7-6-14-3-1-10-22-14)18-9-2-8-17(12-18,16(20)21)11-13-4-5-13/h1,3,10,13H,2,4-9,11-12H2,(H,20,21)/t17-/m1/s1. The van der Waals surface area contributed by atoms with Crippen molar-refractivity contribution in [1.29, 1.82) is 0 Å². The first kappa shape index (κ1) is 15.1. The van der Waals surface area contributed by atoms with E-state index in [1.54, 1.807) is 11.2 Å². The lowest BCUT2D eigenvalue weighted by molar-refractivity contribution is -0.156. The van der Waals surface area contributed by atoms with E-state index >= 15 is 0 Å². The number of hydrogen-bond acceptors (Lipinski definition) is 3. The maximum absolute atomic E-state index is 12.4. The Morgan fingerprint density at radius 1 is 1.41 bits per heavy atom. The SMILES string of the molecule is O=C(CCc1ccco1)N1CCC[C@](CC2CC2)(C(=O)O)C1. The van der Waals surface area contributed by atoms with E-state index in [1.807, 2.05) is 12.1 Å². The summed E-state index contributed by atoms with van der Waals surface area (Å²) in [6, 6.07) is 3.67. The van der Waals surface area contributed by atoms with E-state index in [2.05, 4.69) is 0 Å². The quantitative estimate of drug-likeness (QED) is 0.877. The highest BCUT2D eigenvalue weighted by Gasteiger charge is 2.46. The van der Waals surface area contributed by atoms with Gasteiger partial charge < -0.3 is 14.4 Å². The summed E-state index contributed by atoms with van der Waals surface area (Å²) in [7, 11) is 0. The Balaban J connectivity index is 1.60. The van der Waals surface area contributed by atoms with Gasteiger partial charge in [-0.3, -0.25) is 9.59 Å². The third-order valence-corrected chi connectivity index (χ3v) is 4.92. The number of nitrogens with zero attached hydrogens (tertiary/aromatic N) is 1. The zero-order valence-electron chi connectivity index (χ0n) is 12.8. The number of aryl methyl sites for hydroxylation is 1. The van der Waals surface area contributed by atoms with Crippen molar-refractivity contribution in [2.24, 2.45) is 11.3 Å². The third-order valence-electron chi connectivity index (χ3n) is 4.92. The number of carboxylic acids is 1. The van der Waals surface area contributed by atoms with Crippen LogP contribution in [0.5, 0.6) is 0 Å². The van der Waals surface area contributed by atoms with Crippen molar-refractivity contribution in [3.63, 3.8) is 0 Å². The van der Waals surface area contributed by atoms with Crippen molar-refractivity contribution in [3.8, 4) is 0 Å². The normalized spacial score (nSPS) is 25.2. The van der Waals surface area contributed by atoms with E-state index in [4.69, 9.17) is 4.42 Å². The summed E-state index contributed by atoms with van der Waals surface area (Å²) in [5.74, 6) is 0.655. The highest BCUT2D eigenvalue weighted by molar-refractivity contribution is 5.80. The Labute approximate surface area is 130 Å². The minimum Gasteiger partial charge on any atom is -0.481 e. The summed E-state index contributed by atoms with van der Waals surface area (Å²) in [4.78, 5) is 25.9. The Morgan fingerprint density at radius 3 is 2.86 bits per heavy atom. The molecule has 3 rings (SSSR count). The summed E-state index contributed by atoms with van der Waals surface area (Å²) in [5.41, 5.74) is -0.722. The number of carbonyl (C=O) groups excluding carboxylic acids is 1. The minimum absolute atomic E-state index is 0.0394. The van der Waals surface area contributed by atoms with Crippen molar-refractivity contribution < 1.29 is 19.1 Å². The molecule has 0 unspecified atom stereocenters. The van der Waals surface area contributed by atoms with Gasteiger partial charge in [-0.1, -0.05) is 12.8 Å². The van der Waals surface area contributed by atoms with Crippen LogP contribution in [0.25, 0.3) is 0 Å². The molecule has 1 N–H and O–H groups in total. The van der Waals surface area contributed by atoms with E-state index < -0.39 is 11.4 Å². The first-order chi connectivity index (χ1) is 10.6. The van der Waals surface area contributed by atoms with Gasteiger partial charge in [0.05, 0.1) is 11.7 Å². The molecule has 1 aromatic heterocycles. The Kier molecular flexibility index (Phi) is 4.23. The number of aliphatic carboxylic acids is 1. The molecule has 120 valence electrons. The fourth-order valence-corrected chi connectivity index (χ4v) is 3.49. The zero-order chi connectivity index (χ0) is 15.6. The molecule has 2 fully saturated rings. The summed E-state index contributed by atoms with van der Waals surface area (Å²) < 4.78 is 5.25. The highest BCUT2D eigenvalue weighted by Crippen LogP contribution is 2.45. The van der Waals surface area contributed by atoms with Crippen LogP contribution in [0.2, 0.25) is 0 Å². The number of carbonyl (C=O) groups is 2. The van der Waals surface area contributed by atoms with E-state index in [-0.39, 0.29) is 5.91 Å². The first-order valence-electron chi connectivity index (χ1n) is 8.13. The molecule has 1 amide bonds. The van der Waals surface area contributed by atoms with Gasteiger partial charge in [0.25, 0.3) is 0 Å². The second kappa shape index (κ2) is 6.15. The van der Waals surface area contributed by atoms with Crippen LogP contribution in [0.4, 0.5) is 0 Å². The molecule has 0 bridgehead atoms. The van der Waals surface area contributed by atoms with Gasteiger partial charge in [-0.25, -0.2) is 0 Å². The Hall–Kier alpha value is -1.78. The minimum atomic E-state index is -0.733. The van der Waals surface area contributed by atoms with Crippen molar-refractivity contribution in [2.75, 3.05) is 13.1 Å². The number of hydrogen-bond donors (Lipinski definition) is 1. The monoisotopic (exact) mass is 305 g/mol. The van der Waals surface area contributed by atoms with E-state index in [0.29, 0.717) is 38.3 Å². The van der Waals surface area contributed by atoms with Crippen molar-refractivity contribution in [2.45, 2.75) is 44.9 Å². The smallest absolute Gasteiger partial charge is 0.311 e. The number of amides is 1. The molecule has 1 aliphatic heterocycles. The summed E-state index contributed by atoms with van der Waals surface area (Å²) in [6.07, 6.45) is 7.04. The Morgan fingerprint density at radius 2 is 2.23 bits per heavy atom. The number of rotatable bonds is 6. The van der Waals surface area contributed by atoms with Crippen LogP contribution >= 0.6 is 0 Å². The molecule has 2 aliphatic rings. The topological polar surface area (TPSA) is 70.8 Å². The number of furan rings is 1. The maximum Gasteiger partial charge on any atom is 0.311 e. The molecular weight excluding hydrogens is 282 g/mol. The van der Waals surface area contributed by atoms with Crippen LogP contribution in [-0.2, 0) is 16.0 Å². The highest BCUT2D eigenvalue weighted by atomic mass is 16.4.